The number of nitrogens with zero attached hydrogens (tertiary/aromatic N) is 1. The van der Waals surface area contributed by atoms with E-state index < -0.39 is 4.92 Å². The monoisotopic (exact) mass is 355 g/mol. The van der Waals surface area contributed by atoms with Gasteiger partial charge in [0.25, 0.3) is 5.69 Å². The van der Waals surface area contributed by atoms with Gasteiger partial charge in [-0.15, -0.1) is 0 Å². The summed E-state index contributed by atoms with van der Waals surface area (Å²) in [4.78, 5) is 10.3. The first-order valence-corrected chi connectivity index (χ1v) is 7.30. The number of hydrogen-bond acceptors (Lipinski definition) is 3. The van der Waals surface area contributed by atoms with Crippen LogP contribution in [0.1, 0.15) is 11.1 Å². The number of nitro benzene ring substituents is 1. The van der Waals surface area contributed by atoms with Gasteiger partial charge in [-0.1, -0.05) is 45.7 Å². The summed E-state index contributed by atoms with van der Waals surface area (Å²) < 4.78 is 5.59. The summed E-state index contributed by atoms with van der Waals surface area (Å²) >= 11 is 9.45. The first-order chi connectivity index (χ1) is 9.60. The maximum absolute atomic E-state index is 10.7. The largest absolute Gasteiger partial charge is 0.487 e. The number of nitro groups is 1. The van der Waals surface area contributed by atoms with Crippen LogP contribution in [0.2, 0.25) is 5.02 Å². The predicted octanol–water partition coefficient (Wildman–Crippen LogP) is 4.72. The molecule has 0 saturated heterocycles. The van der Waals surface area contributed by atoms with Crippen molar-refractivity contribution in [2.75, 3.05) is 0 Å². The van der Waals surface area contributed by atoms with E-state index in [1.165, 1.54) is 12.1 Å². The number of hydrogen-bond donors (Lipinski definition) is 0. The highest BCUT2D eigenvalue weighted by atomic mass is 79.9. The normalized spacial score (nSPS) is 10.3. The molecule has 6 heteroatoms. The molecule has 0 radical (unpaired) electrons. The van der Waals surface area contributed by atoms with Gasteiger partial charge in [-0.2, -0.15) is 0 Å². The molecule has 0 amide bonds. The van der Waals surface area contributed by atoms with Gasteiger partial charge in [0.2, 0.25) is 0 Å². The number of non-ortho nitro benzene ring substituents is 1. The zero-order valence-electron chi connectivity index (χ0n) is 10.4. The average molecular weight is 357 g/mol. The van der Waals surface area contributed by atoms with Gasteiger partial charge in [0, 0.05) is 17.5 Å². The molecule has 0 fully saturated rings. The number of halogens is 2. The summed E-state index contributed by atoms with van der Waals surface area (Å²) in [6, 6.07) is 11.8. The van der Waals surface area contributed by atoms with E-state index in [-0.39, 0.29) is 12.3 Å². The van der Waals surface area contributed by atoms with Crippen molar-refractivity contribution in [3.8, 4) is 5.75 Å². The smallest absolute Gasteiger partial charge is 0.269 e. The Hall–Kier alpha value is -1.59. The van der Waals surface area contributed by atoms with Crippen LogP contribution < -0.4 is 4.74 Å². The van der Waals surface area contributed by atoms with E-state index in [2.05, 4.69) is 15.9 Å². The van der Waals surface area contributed by atoms with E-state index in [0.29, 0.717) is 10.8 Å². The van der Waals surface area contributed by atoms with Crippen LogP contribution in [0.5, 0.6) is 5.75 Å². The molecule has 0 bridgehead atoms. The second-order valence-corrected chi connectivity index (χ2v) is 5.08. The third kappa shape index (κ3) is 3.71. The Morgan fingerprint density at radius 3 is 2.65 bits per heavy atom. The molecule has 2 aromatic rings. The van der Waals surface area contributed by atoms with Crippen molar-refractivity contribution < 1.29 is 9.66 Å². The molecule has 0 aromatic heterocycles. The van der Waals surface area contributed by atoms with Crippen molar-refractivity contribution in [1.82, 2.24) is 0 Å². The Bertz CT molecular complexity index is 634. The third-order valence-corrected chi connectivity index (χ3v) is 3.61. The first-order valence-electron chi connectivity index (χ1n) is 5.80. The number of alkyl halides is 1. The van der Waals surface area contributed by atoms with Crippen molar-refractivity contribution in [2.24, 2.45) is 0 Å². The van der Waals surface area contributed by atoms with E-state index in [1.54, 1.807) is 18.2 Å². The zero-order valence-corrected chi connectivity index (χ0v) is 12.7. The van der Waals surface area contributed by atoms with E-state index in [0.717, 1.165) is 16.5 Å². The minimum absolute atomic E-state index is 0.0480. The maximum atomic E-state index is 10.7. The Morgan fingerprint density at radius 2 is 2.00 bits per heavy atom. The quantitative estimate of drug-likeness (QED) is 0.442. The number of benzene rings is 2. The van der Waals surface area contributed by atoms with Crippen LogP contribution in [-0.2, 0) is 11.9 Å². The van der Waals surface area contributed by atoms with Crippen molar-refractivity contribution >= 4 is 33.2 Å². The molecular weight excluding hydrogens is 346 g/mol. The first kappa shape index (κ1) is 14.8. The highest BCUT2D eigenvalue weighted by molar-refractivity contribution is 9.08. The lowest BCUT2D eigenvalue weighted by molar-refractivity contribution is -0.384. The highest BCUT2D eigenvalue weighted by Crippen LogP contribution is 2.27. The molecule has 104 valence electrons. The molecule has 0 heterocycles. The zero-order chi connectivity index (χ0) is 14.5. The highest BCUT2D eigenvalue weighted by Gasteiger charge is 2.07. The van der Waals surface area contributed by atoms with Gasteiger partial charge in [-0.25, -0.2) is 0 Å². The molecule has 0 aliphatic heterocycles. The SMILES string of the molecule is O=[N+]([O-])c1cccc(COc2ccc(CBr)cc2Cl)c1. The van der Waals surface area contributed by atoms with Gasteiger partial charge in [-0.05, 0) is 23.3 Å². The van der Waals surface area contributed by atoms with Gasteiger partial charge in [-0.3, -0.25) is 10.1 Å². The third-order valence-electron chi connectivity index (χ3n) is 2.67. The second kappa shape index (κ2) is 6.72. The van der Waals surface area contributed by atoms with E-state index >= 15 is 0 Å². The Kier molecular flexibility index (Phi) is 4.98. The molecule has 4 nitrogen and oxygen atoms in total. The van der Waals surface area contributed by atoms with Crippen LogP contribution in [0.3, 0.4) is 0 Å². The van der Waals surface area contributed by atoms with E-state index in [1.807, 2.05) is 12.1 Å². The van der Waals surface area contributed by atoms with Crippen LogP contribution in [0.4, 0.5) is 5.69 Å². The summed E-state index contributed by atoms with van der Waals surface area (Å²) in [5, 5.41) is 11.9. The molecular formula is C14H11BrClNO3. The lowest BCUT2D eigenvalue weighted by Gasteiger charge is -2.09. The Morgan fingerprint density at radius 1 is 1.20 bits per heavy atom. The van der Waals surface area contributed by atoms with Gasteiger partial charge in [0.1, 0.15) is 12.4 Å². The molecule has 2 aromatic carbocycles. The minimum atomic E-state index is -0.429. The number of rotatable bonds is 5. The Balaban J connectivity index is 2.09. The predicted molar refractivity (Wildman–Crippen MR) is 81.5 cm³/mol. The summed E-state index contributed by atoms with van der Waals surface area (Å²) in [6.45, 7) is 0.231. The van der Waals surface area contributed by atoms with Crippen LogP contribution in [-0.4, -0.2) is 4.92 Å². The topological polar surface area (TPSA) is 52.4 Å². The van der Waals surface area contributed by atoms with Crippen LogP contribution in [0.25, 0.3) is 0 Å². The lowest BCUT2D eigenvalue weighted by Crippen LogP contribution is -1.97. The summed E-state index contributed by atoms with van der Waals surface area (Å²) in [7, 11) is 0. The van der Waals surface area contributed by atoms with Crippen molar-refractivity contribution in [3.63, 3.8) is 0 Å². The van der Waals surface area contributed by atoms with Gasteiger partial charge in [0.15, 0.2) is 0 Å². The molecule has 0 unspecified atom stereocenters. The summed E-state index contributed by atoms with van der Waals surface area (Å²) in [5.41, 5.74) is 1.82. The molecule has 0 aliphatic carbocycles. The minimum Gasteiger partial charge on any atom is -0.487 e. The van der Waals surface area contributed by atoms with Crippen molar-refractivity contribution in [1.29, 1.82) is 0 Å². The molecule has 0 atom stereocenters. The molecule has 0 aliphatic rings. The average Bonchev–Trinajstić information content (AvgIpc) is 2.46. The maximum Gasteiger partial charge on any atom is 0.269 e. The van der Waals surface area contributed by atoms with Crippen molar-refractivity contribution in [2.45, 2.75) is 11.9 Å². The molecule has 0 saturated carbocycles. The second-order valence-electron chi connectivity index (χ2n) is 4.11. The Labute approximate surface area is 129 Å². The fourth-order valence-electron chi connectivity index (χ4n) is 1.67. The van der Waals surface area contributed by atoms with Crippen LogP contribution in [0, 0.1) is 10.1 Å². The molecule has 2 rings (SSSR count). The molecule has 0 spiro atoms. The summed E-state index contributed by atoms with van der Waals surface area (Å²) in [5.74, 6) is 0.558. The molecule has 20 heavy (non-hydrogen) atoms. The van der Waals surface area contributed by atoms with Crippen LogP contribution >= 0.6 is 27.5 Å². The fourth-order valence-corrected chi connectivity index (χ4v) is 2.27. The van der Waals surface area contributed by atoms with E-state index in [9.17, 15) is 10.1 Å². The van der Waals surface area contributed by atoms with Crippen molar-refractivity contribution in [3.05, 3.63) is 68.7 Å². The standard InChI is InChI=1S/C14H11BrClNO3/c15-8-10-4-5-14(13(16)7-10)20-9-11-2-1-3-12(6-11)17(18)19/h1-7H,8-9H2. The van der Waals surface area contributed by atoms with E-state index in [4.69, 9.17) is 16.3 Å². The fraction of sp³-hybridized carbons (Fsp3) is 0.143. The van der Waals surface area contributed by atoms with Gasteiger partial charge < -0.3 is 4.74 Å². The van der Waals surface area contributed by atoms with Gasteiger partial charge in [0.05, 0.1) is 9.95 Å². The van der Waals surface area contributed by atoms with Crippen LogP contribution in [0.15, 0.2) is 42.5 Å². The number of ether oxygens (including phenoxy) is 1. The summed E-state index contributed by atoms with van der Waals surface area (Å²) in [6.07, 6.45) is 0. The molecule has 0 N–H and O–H groups in total. The van der Waals surface area contributed by atoms with Gasteiger partial charge >= 0.3 is 0 Å². The lowest BCUT2D eigenvalue weighted by atomic mass is 10.2.